The first-order valence-corrected chi connectivity index (χ1v) is 12.6. The number of hydrogen-bond donors (Lipinski definition) is 1. The Morgan fingerprint density at radius 3 is 2.48 bits per heavy atom. The van der Waals surface area contributed by atoms with Crippen LogP contribution >= 0.6 is 11.3 Å². The van der Waals surface area contributed by atoms with Crippen molar-refractivity contribution in [1.82, 2.24) is 0 Å². The molecule has 0 unspecified atom stereocenters. The zero-order valence-electron chi connectivity index (χ0n) is 18.9. The number of rotatable bonds is 8. The van der Waals surface area contributed by atoms with Gasteiger partial charge >= 0.3 is 5.97 Å². The molecular formula is C24H26N2O5S2. The highest BCUT2D eigenvalue weighted by atomic mass is 32.2. The smallest absolute Gasteiger partial charge is 0.349 e. The lowest BCUT2D eigenvalue weighted by atomic mass is 10.1. The summed E-state index contributed by atoms with van der Waals surface area (Å²) in [5, 5.41) is 4.28. The van der Waals surface area contributed by atoms with Crippen molar-refractivity contribution in [2.75, 3.05) is 23.3 Å². The molecule has 7 nitrogen and oxygen atoms in total. The maximum atomic E-state index is 13.7. The Labute approximate surface area is 198 Å². The second kappa shape index (κ2) is 10.2. The summed E-state index contributed by atoms with van der Waals surface area (Å²) < 4.78 is 33.1. The fourth-order valence-electron chi connectivity index (χ4n) is 3.26. The Hall–Kier alpha value is -3.17. The molecule has 9 heteroatoms. The molecule has 3 aromatic rings. The molecule has 2 aromatic carbocycles. The van der Waals surface area contributed by atoms with E-state index >= 15 is 0 Å². The van der Waals surface area contributed by atoms with E-state index in [4.69, 9.17) is 4.74 Å². The van der Waals surface area contributed by atoms with Gasteiger partial charge in [-0.1, -0.05) is 25.1 Å². The zero-order valence-corrected chi connectivity index (χ0v) is 20.5. The van der Waals surface area contributed by atoms with Gasteiger partial charge in [-0.15, -0.1) is 11.3 Å². The van der Waals surface area contributed by atoms with Crippen LogP contribution in [0.2, 0.25) is 0 Å². The number of benzene rings is 2. The van der Waals surface area contributed by atoms with Crippen LogP contribution in [0.3, 0.4) is 0 Å². The van der Waals surface area contributed by atoms with Gasteiger partial charge < -0.3 is 10.1 Å². The molecule has 0 radical (unpaired) electrons. The standard InChI is InChI=1S/C24H26N2O5S2/c1-5-18-7-6-8-19(14-18)25-22(27)15-26(20-10-9-16(2)17(3)13-20)33(29,30)21-11-12-32-23(21)24(28)31-4/h6-14H,5,15H2,1-4H3,(H,25,27). The maximum absolute atomic E-state index is 13.7. The van der Waals surface area contributed by atoms with Crippen molar-refractivity contribution in [2.45, 2.75) is 32.1 Å². The van der Waals surface area contributed by atoms with Crippen LogP contribution in [-0.2, 0) is 26.0 Å². The number of aryl methyl sites for hydroxylation is 3. The van der Waals surface area contributed by atoms with Gasteiger partial charge in [0.1, 0.15) is 16.3 Å². The number of nitrogens with zero attached hydrogens (tertiary/aromatic N) is 1. The average Bonchev–Trinajstić information content (AvgIpc) is 3.30. The predicted molar refractivity (Wildman–Crippen MR) is 131 cm³/mol. The van der Waals surface area contributed by atoms with Crippen molar-refractivity contribution in [3.05, 3.63) is 75.5 Å². The molecule has 0 atom stereocenters. The van der Waals surface area contributed by atoms with Crippen LogP contribution < -0.4 is 9.62 Å². The van der Waals surface area contributed by atoms with Gasteiger partial charge in [0.15, 0.2) is 0 Å². The number of carbonyl (C=O) groups excluding carboxylic acids is 2. The van der Waals surface area contributed by atoms with Crippen LogP contribution in [-0.4, -0.2) is 33.9 Å². The van der Waals surface area contributed by atoms with Gasteiger partial charge in [0, 0.05) is 5.69 Å². The molecule has 0 spiro atoms. The van der Waals surface area contributed by atoms with Gasteiger partial charge in [-0.2, -0.15) is 0 Å². The van der Waals surface area contributed by atoms with E-state index in [9.17, 15) is 18.0 Å². The van der Waals surface area contributed by atoms with Gasteiger partial charge in [0.05, 0.1) is 12.8 Å². The minimum Gasteiger partial charge on any atom is -0.465 e. The lowest BCUT2D eigenvalue weighted by Crippen LogP contribution is -2.38. The summed E-state index contributed by atoms with van der Waals surface area (Å²) >= 11 is 0.972. The number of amides is 1. The minimum absolute atomic E-state index is 0.0395. The van der Waals surface area contributed by atoms with Crippen molar-refractivity contribution in [2.24, 2.45) is 0 Å². The summed E-state index contributed by atoms with van der Waals surface area (Å²) in [5.74, 6) is -1.25. The number of hydrogen-bond acceptors (Lipinski definition) is 6. The minimum atomic E-state index is -4.24. The van der Waals surface area contributed by atoms with E-state index in [0.29, 0.717) is 11.4 Å². The van der Waals surface area contributed by atoms with Crippen molar-refractivity contribution >= 4 is 44.6 Å². The van der Waals surface area contributed by atoms with E-state index in [-0.39, 0.29) is 9.77 Å². The fourth-order valence-corrected chi connectivity index (χ4v) is 5.98. The van der Waals surface area contributed by atoms with Gasteiger partial charge in [-0.05, 0) is 72.7 Å². The van der Waals surface area contributed by atoms with Crippen LogP contribution in [0.25, 0.3) is 0 Å². The van der Waals surface area contributed by atoms with E-state index in [2.05, 4.69) is 5.32 Å². The third-order valence-electron chi connectivity index (χ3n) is 5.25. The quantitative estimate of drug-likeness (QED) is 0.472. The summed E-state index contributed by atoms with van der Waals surface area (Å²) in [5.41, 5.74) is 3.83. The third-order valence-corrected chi connectivity index (χ3v) is 8.09. The van der Waals surface area contributed by atoms with Crippen LogP contribution in [0.1, 0.15) is 33.3 Å². The zero-order chi connectivity index (χ0) is 24.2. The van der Waals surface area contributed by atoms with Crippen molar-refractivity contribution in [3.8, 4) is 0 Å². The molecule has 0 saturated carbocycles. The Bertz CT molecular complexity index is 1280. The number of ether oxygens (including phenoxy) is 1. The monoisotopic (exact) mass is 486 g/mol. The maximum Gasteiger partial charge on any atom is 0.349 e. The number of nitrogens with one attached hydrogen (secondary N) is 1. The lowest BCUT2D eigenvalue weighted by Gasteiger charge is -2.25. The largest absolute Gasteiger partial charge is 0.465 e. The molecular weight excluding hydrogens is 460 g/mol. The van der Waals surface area contributed by atoms with E-state index in [1.807, 2.05) is 39.0 Å². The topological polar surface area (TPSA) is 92.8 Å². The molecule has 0 fully saturated rings. The van der Waals surface area contributed by atoms with E-state index in [1.165, 1.54) is 18.6 Å². The number of anilines is 2. The number of methoxy groups -OCH3 is 1. The summed E-state index contributed by atoms with van der Waals surface area (Å²) in [6.45, 7) is 5.33. The summed E-state index contributed by atoms with van der Waals surface area (Å²) in [6, 6.07) is 13.9. The molecule has 1 heterocycles. The summed E-state index contributed by atoms with van der Waals surface area (Å²) in [7, 11) is -3.05. The van der Waals surface area contributed by atoms with Crippen LogP contribution in [0.15, 0.2) is 58.8 Å². The SMILES string of the molecule is CCc1cccc(NC(=O)CN(c2ccc(C)c(C)c2)S(=O)(=O)c2ccsc2C(=O)OC)c1. The molecule has 33 heavy (non-hydrogen) atoms. The van der Waals surface area contributed by atoms with Crippen molar-refractivity contribution < 1.29 is 22.7 Å². The molecule has 1 aromatic heterocycles. The van der Waals surface area contributed by atoms with E-state index in [0.717, 1.165) is 38.8 Å². The molecule has 0 saturated heterocycles. The van der Waals surface area contributed by atoms with Crippen molar-refractivity contribution in [3.63, 3.8) is 0 Å². The Kier molecular flexibility index (Phi) is 7.55. The third kappa shape index (κ3) is 5.43. The lowest BCUT2D eigenvalue weighted by molar-refractivity contribution is -0.114. The van der Waals surface area contributed by atoms with Crippen LogP contribution in [0.5, 0.6) is 0 Å². The summed E-state index contributed by atoms with van der Waals surface area (Å²) in [4.78, 5) is 24.8. The van der Waals surface area contributed by atoms with Crippen molar-refractivity contribution in [1.29, 1.82) is 0 Å². The molecule has 174 valence electrons. The first-order chi connectivity index (χ1) is 15.7. The van der Waals surface area contributed by atoms with Gasteiger partial charge in [-0.3, -0.25) is 9.10 Å². The van der Waals surface area contributed by atoms with Gasteiger partial charge in [0.2, 0.25) is 5.91 Å². The highest BCUT2D eigenvalue weighted by Gasteiger charge is 2.32. The normalized spacial score (nSPS) is 11.2. The van der Waals surface area contributed by atoms with Crippen LogP contribution in [0, 0.1) is 13.8 Å². The Morgan fingerprint density at radius 1 is 1.06 bits per heavy atom. The van der Waals surface area contributed by atoms with Crippen LogP contribution in [0.4, 0.5) is 11.4 Å². The molecule has 1 amide bonds. The molecule has 0 bridgehead atoms. The predicted octanol–water partition coefficient (Wildman–Crippen LogP) is 4.55. The number of thiophene rings is 1. The molecule has 3 rings (SSSR count). The van der Waals surface area contributed by atoms with E-state index < -0.39 is 28.4 Å². The van der Waals surface area contributed by atoms with E-state index in [1.54, 1.807) is 24.3 Å². The first kappa shape index (κ1) is 24.5. The molecule has 0 aliphatic rings. The first-order valence-electron chi connectivity index (χ1n) is 10.3. The highest BCUT2D eigenvalue weighted by Crippen LogP contribution is 2.30. The number of sulfonamides is 1. The Morgan fingerprint density at radius 2 is 1.82 bits per heavy atom. The van der Waals surface area contributed by atoms with Gasteiger partial charge in [-0.25, -0.2) is 13.2 Å². The molecule has 0 aliphatic carbocycles. The average molecular weight is 487 g/mol. The highest BCUT2D eigenvalue weighted by molar-refractivity contribution is 7.93. The fraction of sp³-hybridized carbons (Fsp3) is 0.250. The molecule has 0 aliphatic heterocycles. The summed E-state index contributed by atoms with van der Waals surface area (Å²) in [6.07, 6.45) is 0.807. The Balaban J connectivity index is 2.01. The second-order valence-electron chi connectivity index (χ2n) is 7.49. The number of esters is 1. The number of carbonyl (C=O) groups is 2. The second-order valence-corrected chi connectivity index (χ2v) is 10.2. The van der Waals surface area contributed by atoms with Gasteiger partial charge in [0.25, 0.3) is 10.0 Å². The molecule has 1 N–H and O–H groups in total.